The Morgan fingerprint density at radius 1 is 1.45 bits per heavy atom. The molecule has 20 heavy (non-hydrogen) atoms. The quantitative estimate of drug-likeness (QED) is 0.678. The SMILES string of the molecule is CCCNCc1cccc(F)c1N(C)CC(O)COC. The van der Waals surface area contributed by atoms with Gasteiger partial charge in [0.15, 0.2) is 0 Å². The van der Waals surface area contributed by atoms with Crippen molar-refractivity contribution in [1.29, 1.82) is 0 Å². The lowest BCUT2D eigenvalue weighted by molar-refractivity contribution is 0.0694. The van der Waals surface area contributed by atoms with Gasteiger partial charge in [-0.1, -0.05) is 19.1 Å². The van der Waals surface area contributed by atoms with Crippen LogP contribution in [0.5, 0.6) is 0 Å². The van der Waals surface area contributed by atoms with Gasteiger partial charge in [-0.3, -0.25) is 0 Å². The first kappa shape index (κ1) is 16.9. The van der Waals surface area contributed by atoms with Crippen molar-refractivity contribution < 1.29 is 14.2 Å². The third kappa shape index (κ3) is 5.07. The second kappa shape index (κ2) is 8.89. The maximum Gasteiger partial charge on any atom is 0.146 e. The summed E-state index contributed by atoms with van der Waals surface area (Å²) in [5, 5.41) is 13.0. The van der Waals surface area contributed by atoms with E-state index in [9.17, 15) is 9.50 Å². The van der Waals surface area contributed by atoms with Crippen LogP contribution in [0.3, 0.4) is 0 Å². The normalized spacial score (nSPS) is 12.4. The maximum absolute atomic E-state index is 14.1. The van der Waals surface area contributed by atoms with Gasteiger partial charge in [0.1, 0.15) is 5.82 Å². The standard InChI is InChI=1S/C15H25FN2O2/c1-4-8-17-9-12-6-5-7-14(16)15(12)18(2)10-13(19)11-20-3/h5-7,13,17,19H,4,8-11H2,1-3H3. The van der Waals surface area contributed by atoms with Crippen LogP contribution in [-0.4, -0.2) is 45.1 Å². The fourth-order valence-electron chi connectivity index (χ4n) is 2.18. The molecule has 114 valence electrons. The molecule has 0 radical (unpaired) electrons. The van der Waals surface area contributed by atoms with Crippen LogP contribution in [0.2, 0.25) is 0 Å². The van der Waals surface area contributed by atoms with E-state index < -0.39 is 6.10 Å². The zero-order valence-electron chi connectivity index (χ0n) is 12.5. The van der Waals surface area contributed by atoms with Gasteiger partial charge in [0, 0.05) is 27.2 Å². The lowest BCUT2D eigenvalue weighted by Gasteiger charge is -2.25. The summed E-state index contributed by atoms with van der Waals surface area (Å²) in [6, 6.07) is 5.05. The second-order valence-electron chi connectivity index (χ2n) is 4.91. The number of hydrogen-bond acceptors (Lipinski definition) is 4. The zero-order chi connectivity index (χ0) is 15.0. The minimum absolute atomic E-state index is 0.238. The van der Waals surface area contributed by atoms with Crippen molar-refractivity contribution in [3.63, 3.8) is 0 Å². The second-order valence-corrected chi connectivity index (χ2v) is 4.91. The van der Waals surface area contributed by atoms with Crippen molar-refractivity contribution in [3.8, 4) is 0 Å². The van der Waals surface area contributed by atoms with Crippen LogP contribution >= 0.6 is 0 Å². The Hall–Kier alpha value is -1.17. The fraction of sp³-hybridized carbons (Fsp3) is 0.600. The molecular formula is C15H25FN2O2. The minimum atomic E-state index is -0.638. The molecule has 0 spiro atoms. The van der Waals surface area contributed by atoms with E-state index in [4.69, 9.17) is 4.74 Å². The number of ether oxygens (including phenoxy) is 1. The molecule has 0 saturated carbocycles. The molecule has 4 nitrogen and oxygen atoms in total. The molecule has 0 aliphatic heterocycles. The molecular weight excluding hydrogens is 259 g/mol. The van der Waals surface area contributed by atoms with Crippen LogP contribution in [0.15, 0.2) is 18.2 Å². The lowest BCUT2D eigenvalue weighted by atomic mass is 10.1. The molecule has 0 amide bonds. The van der Waals surface area contributed by atoms with E-state index >= 15 is 0 Å². The highest BCUT2D eigenvalue weighted by atomic mass is 19.1. The third-order valence-electron chi connectivity index (χ3n) is 3.04. The third-order valence-corrected chi connectivity index (χ3v) is 3.04. The Labute approximate surface area is 120 Å². The number of aliphatic hydroxyl groups excluding tert-OH is 1. The molecule has 1 rings (SSSR count). The van der Waals surface area contributed by atoms with Crippen molar-refractivity contribution in [2.75, 3.05) is 38.8 Å². The van der Waals surface area contributed by atoms with Crippen molar-refractivity contribution >= 4 is 5.69 Å². The number of para-hydroxylation sites is 1. The van der Waals surface area contributed by atoms with Gasteiger partial charge in [-0.15, -0.1) is 0 Å². The Kier molecular flexibility index (Phi) is 7.51. The summed E-state index contributed by atoms with van der Waals surface area (Å²) in [7, 11) is 3.31. The lowest BCUT2D eigenvalue weighted by Crippen LogP contribution is -2.33. The smallest absolute Gasteiger partial charge is 0.146 e. The van der Waals surface area contributed by atoms with Crippen LogP contribution in [0, 0.1) is 5.82 Å². The first-order valence-corrected chi connectivity index (χ1v) is 6.96. The minimum Gasteiger partial charge on any atom is -0.389 e. The number of nitrogens with one attached hydrogen (secondary N) is 1. The predicted octanol–water partition coefficient (Wildman–Crippen LogP) is 1.77. The van der Waals surface area contributed by atoms with Crippen LogP contribution in [0.4, 0.5) is 10.1 Å². The van der Waals surface area contributed by atoms with Gasteiger partial charge in [-0.25, -0.2) is 4.39 Å². The number of nitrogens with zero attached hydrogens (tertiary/aromatic N) is 1. The Balaban J connectivity index is 2.79. The van der Waals surface area contributed by atoms with Crippen LogP contribution < -0.4 is 10.2 Å². The molecule has 0 aliphatic rings. The molecule has 0 aliphatic carbocycles. The van der Waals surface area contributed by atoms with Gasteiger partial charge in [0.25, 0.3) is 0 Å². The highest BCUT2D eigenvalue weighted by Gasteiger charge is 2.15. The summed E-state index contributed by atoms with van der Waals surface area (Å²) in [4.78, 5) is 1.74. The molecule has 1 aromatic carbocycles. The monoisotopic (exact) mass is 284 g/mol. The number of anilines is 1. The molecule has 0 heterocycles. The number of aliphatic hydroxyl groups is 1. The average Bonchev–Trinajstić information content (AvgIpc) is 2.39. The number of halogens is 1. The molecule has 1 aromatic rings. The van der Waals surface area contributed by atoms with Crippen LogP contribution in [0.1, 0.15) is 18.9 Å². The number of rotatable bonds is 9. The summed E-state index contributed by atoms with van der Waals surface area (Å²) in [5.74, 6) is -0.270. The predicted molar refractivity (Wildman–Crippen MR) is 79.6 cm³/mol. The number of likely N-dealkylation sites (N-methyl/N-ethyl adjacent to an activating group) is 1. The van der Waals surface area contributed by atoms with Crippen LogP contribution in [0.25, 0.3) is 0 Å². The zero-order valence-corrected chi connectivity index (χ0v) is 12.5. The van der Waals surface area contributed by atoms with E-state index in [1.165, 1.54) is 13.2 Å². The molecule has 5 heteroatoms. The topological polar surface area (TPSA) is 44.7 Å². The average molecular weight is 284 g/mol. The summed E-state index contributed by atoms with van der Waals surface area (Å²) in [5.41, 5.74) is 1.43. The van der Waals surface area contributed by atoms with Gasteiger partial charge in [-0.2, -0.15) is 0 Å². The molecule has 0 aromatic heterocycles. The van der Waals surface area contributed by atoms with Crippen molar-refractivity contribution in [2.45, 2.75) is 26.0 Å². The summed E-state index contributed by atoms with van der Waals surface area (Å²) < 4.78 is 19.0. The number of methoxy groups -OCH3 is 1. The molecule has 2 N–H and O–H groups in total. The van der Waals surface area contributed by atoms with Gasteiger partial charge < -0.3 is 20.1 Å². The van der Waals surface area contributed by atoms with E-state index in [0.29, 0.717) is 18.8 Å². The summed E-state index contributed by atoms with van der Waals surface area (Å²) in [6.45, 7) is 4.17. The Morgan fingerprint density at radius 3 is 2.85 bits per heavy atom. The molecule has 0 fully saturated rings. The highest BCUT2D eigenvalue weighted by Crippen LogP contribution is 2.23. The van der Waals surface area contributed by atoms with Gasteiger partial charge in [0.05, 0.1) is 18.4 Å². The largest absolute Gasteiger partial charge is 0.389 e. The highest BCUT2D eigenvalue weighted by molar-refractivity contribution is 5.54. The van der Waals surface area contributed by atoms with Crippen LogP contribution in [-0.2, 0) is 11.3 Å². The van der Waals surface area contributed by atoms with Crippen molar-refractivity contribution in [3.05, 3.63) is 29.6 Å². The molecule has 1 atom stereocenters. The van der Waals surface area contributed by atoms with Crippen molar-refractivity contribution in [2.24, 2.45) is 0 Å². The Bertz CT molecular complexity index is 401. The maximum atomic E-state index is 14.1. The molecule has 0 saturated heterocycles. The Morgan fingerprint density at radius 2 is 2.20 bits per heavy atom. The van der Waals surface area contributed by atoms with E-state index in [-0.39, 0.29) is 12.4 Å². The fourth-order valence-corrected chi connectivity index (χ4v) is 2.18. The van der Waals surface area contributed by atoms with E-state index in [0.717, 1.165) is 18.5 Å². The van der Waals surface area contributed by atoms with Gasteiger partial charge in [0.2, 0.25) is 0 Å². The van der Waals surface area contributed by atoms with Gasteiger partial charge >= 0.3 is 0 Å². The van der Waals surface area contributed by atoms with E-state index in [1.807, 2.05) is 6.07 Å². The molecule has 0 bridgehead atoms. The number of benzene rings is 1. The first-order chi connectivity index (χ1) is 9.60. The molecule has 1 unspecified atom stereocenters. The number of hydrogen-bond donors (Lipinski definition) is 2. The summed E-state index contributed by atoms with van der Waals surface area (Å²) >= 11 is 0. The first-order valence-electron chi connectivity index (χ1n) is 6.96. The van der Waals surface area contributed by atoms with Crippen molar-refractivity contribution in [1.82, 2.24) is 5.32 Å². The van der Waals surface area contributed by atoms with E-state index in [2.05, 4.69) is 12.2 Å². The van der Waals surface area contributed by atoms with Gasteiger partial charge in [-0.05, 0) is 24.6 Å². The summed E-state index contributed by atoms with van der Waals surface area (Å²) in [6.07, 6.45) is 0.397. The van der Waals surface area contributed by atoms with E-state index in [1.54, 1.807) is 18.0 Å².